The summed E-state index contributed by atoms with van der Waals surface area (Å²) >= 11 is 0. The molecule has 1 aliphatic heterocycles. The number of carbonyl (C=O) groups excluding carboxylic acids is 1. The molecule has 2 bridgehead atoms. The molecule has 3 aliphatic rings. The van der Waals surface area contributed by atoms with Crippen LogP contribution in [0, 0.1) is 16.7 Å². The summed E-state index contributed by atoms with van der Waals surface area (Å²) in [4.78, 5) is 11.5. The van der Waals surface area contributed by atoms with Crippen molar-refractivity contribution >= 4 is 5.78 Å². The molecule has 0 aromatic carbocycles. The molecule has 0 aromatic rings. The Balaban J connectivity index is 2.11. The highest BCUT2D eigenvalue weighted by atomic mass is 16.6. The van der Waals surface area contributed by atoms with Gasteiger partial charge in [0.05, 0.1) is 6.10 Å². The number of aliphatic hydroxyl groups excluding tert-OH is 1. The number of hydrogen-bond acceptors (Lipinski definition) is 3. The van der Waals surface area contributed by atoms with E-state index in [1.807, 2.05) is 0 Å². The Kier molecular flexibility index (Phi) is 1.94. The predicted octanol–water partition coefficient (Wildman–Crippen LogP) is 1.66. The molecule has 2 unspecified atom stereocenters. The van der Waals surface area contributed by atoms with E-state index in [0.717, 1.165) is 12.8 Å². The number of rotatable bonds is 0. The van der Waals surface area contributed by atoms with E-state index < -0.39 is 6.29 Å². The van der Waals surface area contributed by atoms with Crippen molar-refractivity contribution in [2.24, 2.45) is 16.7 Å². The van der Waals surface area contributed by atoms with Gasteiger partial charge in [-0.15, -0.1) is 0 Å². The Bertz CT molecular complexity index is 371. The lowest BCUT2D eigenvalue weighted by Gasteiger charge is -2.53. The van der Waals surface area contributed by atoms with E-state index in [-0.39, 0.29) is 28.6 Å². The molecule has 4 atom stereocenters. The van der Waals surface area contributed by atoms with Gasteiger partial charge in [-0.2, -0.15) is 0 Å². The molecule has 1 heterocycles. The first kappa shape index (κ1) is 10.5. The average molecular weight is 222 g/mol. The van der Waals surface area contributed by atoms with Crippen LogP contribution in [0.4, 0.5) is 0 Å². The summed E-state index contributed by atoms with van der Waals surface area (Å²) in [6.07, 6.45) is 5.36. The fourth-order valence-corrected chi connectivity index (χ4v) is 4.01. The first-order chi connectivity index (χ1) is 7.47. The standard InChI is InChI=1S/C13H18O3/c1-12(2)9-4-6-13(12)5-3-8(14)7-10(13)16-11(9)15/h3,5,9-11,15H,4,6-7H2,1-2H3/t9-,10?,11?,13+/m1/s1. The predicted molar refractivity (Wildman–Crippen MR) is 58.6 cm³/mol. The van der Waals surface area contributed by atoms with E-state index >= 15 is 0 Å². The van der Waals surface area contributed by atoms with E-state index in [2.05, 4.69) is 19.9 Å². The minimum absolute atomic E-state index is 0.0204. The highest BCUT2D eigenvalue weighted by Crippen LogP contribution is 2.64. The van der Waals surface area contributed by atoms with Gasteiger partial charge in [0, 0.05) is 17.8 Å². The Morgan fingerprint density at radius 1 is 1.50 bits per heavy atom. The number of allylic oxidation sites excluding steroid dienone is 1. The summed E-state index contributed by atoms with van der Waals surface area (Å²) in [5.74, 6) is 0.311. The third-order valence-corrected chi connectivity index (χ3v) is 5.17. The van der Waals surface area contributed by atoms with Gasteiger partial charge in [0.15, 0.2) is 12.1 Å². The van der Waals surface area contributed by atoms with Gasteiger partial charge in [0.1, 0.15) is 0 Å². The van der Waals surface area contributed by atoms with Crippen molar-refractivity contribution in [2.45, 2.75) is 45.5 Å². The molecule has 3 nitrogen and oxygen atoms in total. The molecule has 0 aromatic heterocycles. The van der Waals surface area contributed by atoms with E-state index in [0.29, 0.717) is 6.42 Å². The van der Waals surface area contributed by atoms with Crippen molar-refractivity contribution < 1.29 is 14.6 Å². The second-order valence-electron chi connectivity index (χ2n) is 5.93. The van der Waals surface area contributed by atoms with Crippen LogP contribution < -0.4 is 0 Å². The summed E-state index contributed by atoms with van der Waals surface area (Å²) in [5, 5.41) is 10.00. The number of fused-ring (bicyclic) bond motifs is 1. The lowest BCUT2D eigenvalue weighted by atomic mass is 9.58. The number of ether oxygens (including phenoxy) is 1. The smallest absolute Gasteiger partial charge is 0.158 e. The number of carbonyl (C=O) groups is 1. The quantitative estimate of drug-likeness (QED) is 0.678. The second kappa shape index (κ2) is 2.96. The van der Waals surface area contributed by atoms with Crippen molar-refractivity contribution in [2.75, 3.05) is 0 Å². The van der Waals surface area contributed by atoms with Crippen LogP contribution in [0.5, 0.6) is 0 Å². The largest absolute Gasteiger partial charge is 0.368 e. The SMILES string of the molecule is CC1(C)[C@@H]2CC[C@]13C=CC(=O)CC3OC2O. The molecular formula is C13H18O3. The topological polar surface area (TPSA) is 46.5 Å². The normalized spacial score (nSPS) is 49.2. The van der Waals surface area contributed by atoms with E-state index in [1.165, 1.54) is 0 Å². The Morgan fingerprint density at radius 2 is 2.25 bits per heavy atom. The highest BCUT2D eigenvalue weighted by Gasteiger charge is 2.64. The van der Waals surface area contributed by atoms with Crippen LogP contribution in [0.1, 0.15) is 33.1 Å². The molecule has 16 heavy (non-hydrogen) atoms. The fraction of sp³-hybridized carbons (Fsp3) is 0.769. The third kappa shape index (κ3) is 1.03. The zero-order valence-corrected chi connectivity index (χ0v) is 9.77. The molecule has 1 saturated heterocycles. The molecule has 1 spiro atoms. The van der Waals surface area contributed by atoms with Crippen LogP contribution >= 0.6 is 0 Å². The number of hydrogen-bond donors (Lipinski definition) is 1. The van der Waals surface area contributed by atoms with Crippen LogP contribution in [0.25, 0.3) is 0 Å². The maximum Gasteiger partial charge on any atom is 0.158 e. The Morgan fingerprint density at radius 3 is 3.00 bits per heavy atom. The summed E-state index contributed by atoms with van der Waals surface area (Å²) < 4.78 is 5.66. The van der Waals surface area contributed by atoms with Crippen LogP contribution in [0.3, 0.4) is 0 Å². The molecule has 0 radical (unpaired) electrons. The summed E-state index contributed by atoms with van der Waals surface area (Å²) in [5.41, 5.74) is -0.0165. The van der Waals surface area contributed by atoms with E-state index in [9.17, 15) is 9.90 Å². The lowest BCUT2D eigenvalue weighted by Crippen LogP contribution is -2.56. The van der Waals surface area contributed by atoms with Crippen molar-refractivity contribution in [1.29, 1.82) is 0 Å². The van der Waals surface area contributed by atoms with E-state index in [4.69, 9.17) is 4.74 Å². The van der Waals surface area contributed by atoms with Gasteiger partial charge in [-0.1, -0.05) is 19.9 Å². The van der Waals surface area contributed by atoms with Gasteiger partial charge in [0.25, 0.3) is 0 Å². The molecule has 3 heteroatoms. The van der Waals surface area contributed by atoms with Crippen LogP contribution in [0.2, 0.25) is 0 Å². The minimum atomic E-state index is -0.699. The van der Waals surface area contributed by atoms with Crippen molar-refractivity contribution in [3.8, 4) is 0 Å². The fourth-order valence-electron chi connectivity index (χ4n) is 4.01. The molecule has 2 fully saturated rings. The minimum Gasteiger partial charge on any atom is -0.368 e. The summed E-state index contributed by atoms with van der Waals surface area (Å²) in [6.45, 7) is 4.40. The molecule has 88 valence electrons. The molecule has 0 amide bonds. The van der Waals surface area contributed by atoms with Gasteiger partial charge in [-0.25, -0.2) is 0 Å². The van der Waals surface area contributed by atoms with Gasteiger partial charge in [-0.05, 0) is 24.3 Å². The summed E-state index contributed by atoms with van der Waals surface area (Å²) in [7, 11) is 0. The second-order valence-corrected chi connectivity index (χ2v) is 5.93. The zero-order chi connectivity index (χ0) is 11.6. The van der Waals surface area contributed by atoms with Crippen LogP contribution in [0.15, 0.2) is 12.2 Å². The number of aliphatic hydroxyl groups is 1. The molecular weight excluding hydrogens is 204 g/mol. The van der Waals surface area contributed by atoms with Crippen molar-refractivity contribution in [3.05, 3.63) is 12.2 Å². The monoisotopic (exact) mass is 222 g/mol. The maximum absolute atomic E-state index is 11.5. The first-order valence-electron chi connectivity index (χ1n) is 6.03. The van der Waals surface area contributed by atoms with Crippen LogP contribution in [-0.2, 0) is 9.53 Å². The van der Waals surface area contributed by atoms with Crippen molar-refractivity contribution in [3.63, 3.8) is 0 Å². The lowest BCUT2D eigenvalue weighted by molar-refractivity contribution is -0.253. The number of ketones is 1. The van der Waals surface area contributed by atoms with Crippen LogP contribution in [-0.4, -0.2) is 23.3 Å². The molecule has 2 aliphatic carbocycles. The Hall–Kier alpha value is -0.670. The Labute approximate surface area is 95.5 Å². The first-order valence-corrected chi connectivity index (χ1v) is 6.03. The third-order valence-electron chi connectivity index (χ3n) is 5.17. The highest BCUT2D eigenvalue weighted by molar-refractivity contribution is 5.91. The maximum atomic E-state index is 11.5. The molecule has 1 saturated carbocycles. The zero-order valence-electron chi connectivity index (χ0n) is 9.77. The molecule has 1 N–H and O–H groups in total. The van der Waals surface area contributed by atoms with Gasteiger partial charge < -0.3 is 9.84 Å². The van der Waals surface area contributed by atoms with Crippen molar-refractivity contribution in [1.82, 2.24) is 0 Å². The molecule has 3 rings (SSSR count). The van der Waals surface area contributed by atoms with Gasteiger partial charge in [0.2, 0.25) is 0 Å². The average Bonchev–Trinajstić information content (AvgIpc) is 2.36. The summed E-state index contributed by atoms with van der Waals surface area (Å²) in [6, 6.07) is 0. The van der Waals surface area contributed by atoms with Gasteiger partial charge >= 0.3 is 0 Å². The van der Waals surface area contributed by atoms with E-state index in [1.54, 1.807) is 6.08 Å². The van der Waals surface area contributed by atoms with Gasteiger partial charge in [-0.3, -0.25) is 4.79 Å².